The summed E-state index contributed by atoms with van der Waals surface area (Å²) in [6.45, 7) is 3.15. The number of rotatable bonds is 5. The third kappa shape index (κ3) is 4.57. The Balaban J connectivity index is 0.00000240. The van der Waals surface area contributed by atoms with E-state index in [0.717, 1.165) is 23.9 Å². The Labute approximate surface area is 183 Å². The maximum absolute atomic E-state index is 12.5. The molecule has 2 aliphatic heterocycles. The fourth-order valence-electron chi connectivity index (χ4n) is 5.13. The summed E-state index contributed by atoms with van der Waals surface area (Å²) in [5, 5.41) is 10.3. The Morgan fingerprint density at radius 3 is 2.24 bits per heavy atom. The van der Waals surface area contributed by atoms with E-state index in [1.807, 2.05) is 18.2 Å². The predicted octanol–water partition coefficient (Wildman–Crippen LogP) is 0.916. The van der Waals surface area contributed by atoms with E-state index in [9.17, 15) is 9.90 Å². The van der Waals surface area contributed by atoms with Crippen molar-refractivity contribution in [2.75, 3.05) is 7.05 Å². The first-order chi connectivity index (χ1) is 13.5. The molecule has 0 saturated carbocycles. The number of quaternary nitrogens is 1. The number of piperidine rings is 1. The highest BCUT2D eigenvalue weighted by molar-refractivity contribution is 5.76. The maximum Gasteiger partial charge on any atom is 0.339 e. The van der Waals surface area contributed by atoms with E-state index >= 15 is 0 Å². The number of halogens is 1. The van der Waals surface area contributed by atoms with Gasteiger partial charge in [-0.2, -0.15) is 0 Å². The number of carbonyl (C=O) groups excluding carboxylic acids is 1. The number of nitrogens with zero attached hydrogens (tertiary/aromatic N) is 1. The second kappa shape index (κ2) is 8.99. The van der Waals surface area contributed by atoms with Crippen LogP contribution in [0.5, 0.6) is 0 Å². The summed E-state index contributed by atoms with van der Waals surface area (Å²) < 4.78 is 6.79. The van der Waals surface area contributed by atoms with Gasteiger partial charge < -0.3 is 31.3 Å². The Bertz CT molecular complexity index is 810. The molecule has 0 radical (unpaired) electrons. The highest BCUT2D eigenvalue weighted by Crippen LogP contribution is 2.43. The molecule has 0 amide bonds. The van der Waals surface area contributed by atoms with Crippen molar-refractivity contribution in [2.24, 2.45) is 0 Å². The minimum absolute atomic E-state index is 0. The van der Waals surface area contributed by atoms with Crippen LogP contribution in [-0.4, -0.2) is 40.8 Å². The molecular formula is C24H30BrNO3. The number of aliphatic hydroxyl groups is 1. The van der Waals surface area contributed by atoms with E-state index < -0.39 is 12.1 Å². The van der Waals surface area contributed by atoms with E-state index in [2.05, 4.69) is 38.2 Å². The molecule has 5 heteroatoms. The number of esters is 1. The van der Waals surface area contributed by atoms with Crippen LogP contribution in [0.25, 0.3) is 0 Å². The smallest absolute Gasteiger partial charge is 0.339 e. The van der Waals surface area contributed by atoms with Crippen molar-refractivity contribution in [3.05, 3.63) is 71.3 Å². The van der Waals surface area contributed by atoms with Crippen LogP contribution in [0, 0.1) is 6.92 Å². The molecule has 2 aromatic carbocycles. The molecular weight excluding hydrogens is 430 g/mol. The van der Waals surface area contributed by atoms with Crippen molar-refractivity contribution in [1.82, 2.24) is 0 Å². The molecule has 2 fully saturated rings. The molecule has 2 aliphatic rings. The van der Waals surface area contributed by atoms with Crippen LogP contribution in [0.1, 0.15) is 48.5 Å². The van der Waals surface area contributed by atoms with Gasteiger partial charge in [-0.3, -0.25) is 0 Å². The fourth-order valence-corrected chi connectivity index (χ4v) is 5.13. The quantitative estimate of drug-likeness (QED) is 0.534. The van der Waals surface area contributed by atoms with Crippen LogP contribution in [0.2, 0.25) is 0 Å². The Morgan fingerprint density at radius 1 is 1.07 bits per heavy atom. The van der Waals surface area contributed by atoms with Crippen LogP contribution in [0.15, 0.2) is 54.6 Å². The van der Waals surface area contributed by atoms with Gasteiger partial charge in [-0.25, -0.2) is 4.79 Å². The zero-order valence-corrected chi connectivity index (χ0v) is 18.7. The first-order valence-electron chi connectivity index (χ1n) is 10.3. The Hall–Kier alpha value is -1.69. The van der Waals surface area contributed by atoms with E-state index in [0.29, 0.717) is 17.6 Å². The van der Waals surface area contributed by atoms with Gasteiger partial charge in [0.05, 0.1) is 19.1 Å². The monoisotopic (exact) mass is 459 g/mol. The largest absolute Gasteiger partial charge is 1.00 e. The van der Waals surface area contributed by atoms with Crippen molar-refractivity contribution in [2.45, 2.75) is 63.4 Å². The SMILES string of the molecule is Cc1ccc(C[N+]2(C)C3CCC2CC(OC(=O)C(O)c2ccccc2)C3)cc1.[Br-]. The number of carbonyl (C=O) groups is 1. The van der Waals surface area contributed by atoms with E-state index in [-0.39, 0.29) is 23.1 Å². The Morgan fingerprint density at radius 2 is 1.66 bits per heavy atom. The van der Waals surface area contributed by atoms with Crippen molar-refractivity contribution >= 4 is 5.97 Å². The number of benzene rings is 2. The standard InChI is InChI=1S/C24H30NO3.BrH/c1-17-8-10-18(11-9-17)16-25(2)20-12-13-21(25)15-22(14-20)28-24(27)23(26)19-6-4-3-5-7-19;/h3-11,20-23,26H,12-16H2,1-2H3;1H/q+1;/p-1. The molecule has 4 nitrogen and oxygen atoms in total. The number of ether oxygens (including phenoxy) is 1. The lowest BCUT2D eigenvalue weighted by molar-refractivity contribution is -0.961. The summed E-state index contributed by atoms with van der Waals surface area (Å²) in [6.07, 6.45) is 2.84. The zero-order chi connectivity index (χ0) is 19.7. The minimum atomic E-state index is -1.20. The van der Waals surface area contributed by atoms with Gasteiger partial charge in [0.15, 0.2) is 6.10 Å². The van der Waals surface area contributed by atoms with E-state index in [1.54, 1.807) is 12.1 Å². The molecule has 3 unspecified atom stereocenters. The highest BCUT2D eigenvalue weighted by atomic mass is 79.9. The molecule has 0 aromatic heterocycles. The molecule has 0 aliphatic carbocycles. The van der Waals surface area contributed by atoms with Crippen LogP contribution in [-0.2, 0) is 16.1 Å². The average Bonchev–Trinajstić information content (AvgIpc) is 2.86. The lowest BCUT2D eigenvalue weighted by atomic mass is 9.95. The molecule has 4 rings (SSSR count). The van der Waals surface area contributed by atoms with E-state index in [1.165, 1.54) is 24.0 Å². The molecule has 3 atom stereocenters. The zero-order valence-electron chi connectivity index (χ0n) is 17.1. The number of aliphatic hydroxyl groups excluding tert-OH is 1. The van der Waals surface area contributed by atoms with E-state index in [4.69, 9.17) is 4.74 Å². The van der Waals surface area contributed by atoms with Crippen molar-refractivity contribution in [3.8, 4) is 0 Å². The van der Waals surface area contributed by atoms with Gasteiger partial charge >= 0.3 is 5.97 Å². The molecule has 0 spiro atoms. The van der Waals surface area contributed by atoms with Gasteiger partial charge in [-0.1, -0.05) is 60.2 Å². The summed E-state index contributed by atoms with van der Waals surface area (Å²) in [5.41, 5.74) is 3.25. The van der Waals surface area contributed by atoms with Crippen LogP contribution < -0.4 is 17.0 Å². The number of hydrogen-bond acceptors (Lipinski definition) is 3. The second-order valence-electron chi connectivity index (χ2n) is 8.72. The lowest BCUT2D eigenvalue weighted by Crippen LogP contribution is -3.00. The van der Waals surface area contributed by atoms with Gasteiger partial charge in [0.25, 0.3) is 0 Å². The second-order valence-corrected chi connectivity index (χ2v) is 8.72. The summed E-state index contributed by atoms with van der Waals surface area (Å²) >= 11 is 0. The molecule has 1 N–H and O–H groups in total. The topological polar surface area (TPSA) is 46.5 Å². The fraction of sp³-hybridized carbons (Fsp3) is 0.458. The lowest BCUT2D eigenvalue weighted by Gasteiger charge is -2.47. The van der Waals surface area contributed by atoms with Crippen LogP contribution >= 0.6 is 0 Å². The summed E-state index contributed by atoms with van der Waals surface area (Å²) in [5.74, 6) is -0.523. The minimum Gasteiger partial charge on any atom is -1.00 e. The molecule has 2 saturated heterocycles. The molecule has 29 heavy (non-hydrogen) atoms. The van der Waals surface area contributed by atoms with Crippen molar-refractivity contribution in [1.29, 1.82) is 0 Å². The molecule has 156 valence electrons. The van der Waals surface area contributed by atoms with Crippen LogP contribution in [0.4, 0.5) is 0 Å². The highest BCUT2D eigenvalue weighted by Gasteiger charge is 2.52. The normalized spacial score (nSPS) is 29.0. The molecule has 2 heterocycles. The number of fused-ring (bicyclic) bond motifs is 2. The summed E-state index contributed by atoms with van der Waals surface area (Å²) in [7, 11) is 2.36. The van der Waals surface area contributed by atoms with Crippen molar-refractivity contribution in [3.63, 3.8) is 0 Å². The number of aryl methyl sites for hydroxylation is 1. The molecule has 2 bridgehead atoms. The molecule has 2 aromatic rings. The number of hydrogen-bond donors (Lipinski definition) is 1. The Kier molecular flexibility index (Phi) is 6.82. The summed E-state index contributed by atoms with van der Waals surface area (Å²) in [6, 6.07) is 18.9. The van der Waals surface area contributed by atoms with Gasteiger partial charge in [-0.15, -0.1) is 0 Å². The predicted molar refractivity (Wildman–Crippen MR) is 108 cm³/mol. The average molecular weight is 460 g/mol. The van der Waals surface area contributed by atoms with Gasteiger partial charge in [0.2, 0.25) is 0 Å². The maximum atomic E-state index is 12.5. The van der Waals surface area contributed by atoms with Crippen molar-refractivity contribution < 1.29 is 36.1 Å². The van der Waals surface area contributed by atoms with Gasteiger partial charge in [0.1, 0.15) is 12.6 Å². The first kappa shape index (κ1) is 22.0. The van der Waals surface area contributed by atoms with Gasteiger partial charge in [-0.05, 0) is 12.5 Å². The third-order valence-corrected chi connectivity index (χ3v) is 6.84. The van der Waals surface area contributed by atoms with Gasteiger partial charge in [0, 0.05) is 31.2 Å². The summed E-state index contributed by atoms with van der Waals surface area (Å²) in [4.78, 5) is 12.5. The first-order valence-corrected chi connectivity index (χ1v) is 10.3. The third-order valence-electron chi connectivity index (χ3n) is 6.84. The van der Waals surface area contributed by atoms with Crippen LogP contribution in [0.3, 0.4) is 0 Å².